The van der Waals surface area contributed by atoms with Crippen molar-refractivity contribution in [2.45, 2.75) is 31.7 Å². The third-order valence-corrected chi connectivity index (χ3v) is 5.13. The van der Waals surface area contributed by atoms with E-state index in [1.807, 2.05) is 0 Å². The summed E-state index contributed by atoms with van der Waals surface area (Å²) in [5.74, 6) is -0.634. The van der Waals surface area contributed by atoms with Crippen LogP contribution in [0.4, 0.5) is 14.5 Å². The molecule has 0 fully saturated rings. The summed E-state index contributed by atoms with van der Waals surface area (Å²) in [5, 5.41) is 3.34. The maximum atomic E-state index is 14.3. The maximum absolute atomic E-state index is 14.3. The first-order chi connectivity index (χ1) is 11.2. The zero-order valence-corrected chi connectivity index (χ0v) is 13.0. The molecule has 118 valence electrons. The number of nitrogens with one attached hydrogen (secondary N) is 1. The molecule has 1 aliphatic heterocycles. The van der Waals surface area contributed by atoms with Crippen LogP contribution in [0.5, 0.6) is 0 Å². The van der Waals surface area contributed by atoms with Gasteiger partial charge in [0.05, 0.1) is 11.7 Å². The van der Waals surface area contributed by atoms with Crippen molar-refractivity contribution in [2.75, 3.05) is 5.32 Å². The van der Waals surface area contributed by atoms with Crippen LogP contribution in [0.15, 0.2) is 48.6 Å². The van der Waals surface area contributed by atoms with Gasteiger partial charge in [0.15, 0.2) is 0 Å². The minimum atomic E-state index is -0.507. The third-order valence-electron chi connectivity index (χ3n) is 5.13. The molecule has 0 bridgehead atoms. The lowest BCUT2D eigenvalue weighted by atomic mass is 9.77. The van der Waals surface area contributed by atoms with Crippen molar-refractivity contribution < 1.29 is 8.78 Å². The molecular weight excluding hydrogens is 292 g/mol. The van der Waals surface area contributed by atoms with E-state index in [2.05, 4.69) is 48.7 Å². The van der Waals surface area contributed by atoms with Crippen molar-refractivity contribution in [3.63, 3.8) is 0 Å². The Morgan fingerprint density at radius 2 is 1.91 bits per heavy atom. The van der Waals surface area contributed by atoms with E-state index in [0.29, 0.717) is 11.6 Å². The highest BCUT2D eigenvalue weighted by atomic mass is 19.1. The van der Waals surface area contributed by atoms with Crippen LogP contribution >= 0.6 is 0 Å². The van der Waals surface area contributed by atoms with Crippen molar-refractivity contribution in [2.24, 2.45) is 5.92 Å². The number of allylic oxidation sites excluding steroid dienone is 2. The van der Waals surface area contributed by atoms with Crippen LogP contribution in [-0.2, 0) is 6.42 Å². The molecule has 3 heteroatoms. The standard InChI is InChI=1S/C20H19F2N/c1-2-12-6-8-13(9-7-12)19-16-5-3-4-15(16)17-10-14(21)11-18(22)20(17)23-19/h3-4,6-11,15-16,19,23H,2,5H2,1H3/t15-,16+,19+/m1/s1. The second-order valence-corrected chi connectivity index (χ2v) is 6.42. The van der Waals surface area contributed by atoms with Gasteiger partial charge in [-0.3, -0.25) is 0 Å². The molecule has 0 saturated heterocycles. The minimum Gasteiger partial charge on any atom is -0.375 e. The number of rotatable bonds is 2. The van der Waals surface area contributed by atoms with E-state index in [-0.39, 0.29) is 12.0 Å². The average molecular weight is 311 g/mol. The summed E-state index contributed by atoms with van der Waals surface area (Å²) in [6.07, 6.45) is 6.15. The first-order valence-corrected chi connectivity index (χ1v) is 8.18. The lowest BCUT2D eigenvalue weighted by Crippen LogP contribution is -2.29. The topological polar surface area (TPSA) is 12.0 Å². The maximum Gasteiger partial charge on any atom is 0.149 e. The first kappa shape index (κ1) is 14.4. The summed E-state index contributed by atoms with van der Waals surface area (Å²) in [4.78, 5) is 0. The van der Waals surface area contributed by atoms with Gasteiger partial charge in [-0.25, -0.2) is 8.78 Å². The van der Waals surface area contributed by atoms with Gasteiger partial charge in [-0.1, -0.05) is 43.3 Å². The van der Waals surface area contributed by atoms with Crippen molar-refractivity contribution in [3.05, 3.63) is 76.9 Å². The SMILES string of the molecule is CCc1ccc([C@@H]2Nc3c(F)cc(F)cc3[C@@H]3C=CC[C@@H]32)cc1. The van der Waals surface area contributed by atoms with Crippen molar-refractivity contribution >= 4 is 5.69 Å². The molecule has 1 heterocycles. The Balaban J connectivity index is 1.78. The number of hydrogen-bond donors (Lipinski definition) is 1. The van der Waals surface area contributed by atoms with Gasteiger partial charge in [-0.05, 0) is 41.5 Å². The van der Waals surface area contributed by atoms with Crippen molar-refractivity contribution in [1.82, 2.24) is 0 Å². The highest BCUT2D eigenvalue weighted by Gasteiger charge is 2.39. The quantitative estimate of drug-likeness (QED) is 0.737. The Bertz CT molecular complexity index is 764. The predicted molar refractivity (Wildman–Crippen MR) is 88.5 cm³/mol. The summed E-state index contributed by atoms with van der Waals surface area (Å²) in [6, 6.07) is 11.0. The first-order valence-electron chi connectivity index (χ1n) is 8.18. The van der Waals surface area contributed by atoms with Crippen molar-refractivity contribution in [1.29, 1.82) is 0 Å². The molecule has 0 radical (unpaired) electrons. The van der Waals surface area contributed by atoms with E-state index in [9.17, 15) is 8.78 Å². The van der Waals surface area contributed by atoms with Crippen LogP contribution in [0.3, 0.4) is 0 Å². The fraction of sp³-hybridized carbons (Fsp3) is 0.300. The molecule has 1 aliphatic carbocycles. The summed E-state index contributed by atoms with van der Waals surface area (Å²) in [7, 11) is 0. The summed E-state index contributed by atoms with van der Waals surface area (Å²) in [5.41, 5.74) is 3.64. The Kier molecular flexibility index (Phi) is 3.44. The summed E-state index contributed by atoms with van der Waals surface area (Å²) >= 11 is 0. The molecule has 0 unspecified atom stereocenters. The largest absolute Gasteiger partial charge is 0.375 e. The monoisotopic (exact) mass is 311 g/mol. The molecule has 2 aromatic rings. The fourth-order valence-electron chi connectivity index (χ4n) is 3.91. The van der Waals surface area contributed by atoms with E-state index >= 15 is 0 Å². The third kappa shape index (κ3) is 2.35. The van der Waals surface area contributed by atoms with Crippen molar-refractivity contribution in [3.8, 4) is 0 Å². The highest BCUT2D eigenvalue weighted by Crippen LogP contribution is 2.50. The molecule has 2 aliphatic rings. The normalized spacial score (nSPS) is 24.9. The van der Waals surface area contributed by atoms with Gasteiger partial charge in [-0.2, -0.15) is 0 Å². The van der Waals surface area contributed by atoms with Gasteiger partial charge in [0.2, 0.25) is 0 Å². The zero-order valence-electron chi connectivity index (χ0n) is 13.0. The molecule has 0 amide bonds. The number of aryl methyl sites for hydroxylation is 1. The van der Waals surface area contributed by atoms with Crippen LogP contribution in [0, 0.1) is 17.6 Å². The van der Waals surface area contributed by atoms with E-state index < -0.39 is 11.6 Å². The molecule has 1 nitrogen and oxygen atoms in total. The van der Waals surface area contributed by atoms with Crippen LogP contribution < -0.4 is 5.32 Å². The van der Waals surface area contributed by atoms with Gasteiger partial charge < -0.3 is 5.32 Å². The van der Waals surface area contributed by atoms with Gasteiger partial charge in [0.25, 0.3) is 0 Å². The Morgan fingerprint density at radius 1 is 1.13 bits per heavy atom. The van der Waals surface area contributed by atoms with Gasteiger partial charge in [0, 0.05) is 12.0 Å². The van der Waals surface area contributed by atoms with Crippen LogP contribution in [-0.4, -0.2) is 0 Å². The molecule has 4 rings (SSSR count). The predicted octanol–water partition coefficient (Wildman–Crippen LogP) is 5.35. The molecule has 0 spiro atoms. The van der Waals surface area contributed by atoms with E-state index in [4.69, 9.17) is 0 Å². The Labute approximate surface area is 135 Å². The average Bonchev–Trinajstić information content (AvgIpc) is 3.04. The molecule has 0 saturated carbocycles. The summed E-state index contributed by atoms with van der Waals surface area (Å²) in [6.45, 7) is 2.13. The number of halogens is 2. The minimum absolute atomic E-state index is 0.0494. The van der Waals surface area contributed by atoms with E-state index in [1.54, 1.807) is 0 Å². The number of anilines is 1. The zero-order chi connectivity index (χ0) is 16.0. The van der Waals surface area contributed by atoms with E-state index in [1.165, 1.54) is 11.6 Å². The number of benzene rings is 2. The number of fused-ring (bicyclic) bond motifs is 3. The Morgan fingerprint density at radius 3 is 2.65 bits per heavy atom. The molecule has 3 atom stereocenters. The number of hydrogen-bond acceptors (Lipinski definition) is 1. The van der Waals surface area contributed by atoms with Gasteiger partial charge in [-0.15, -0.1) is 0 Å². The van der Waals surface area contributed by atoms with Crippen LogP contribution in [0.2, 0.25) is 0 Å². The fourth-order valence-corrected chi connectivity index (χ4v) is 3.91. The van der Waals surface area contributed by atoms with Crippen LogP contribution in [0.1, 0.15) is 42.0 Å². The van der Waals surface area contributed by atoms with Gasteiger partial charge >= 0.3 is 0 Å². The molecular formula is C20H19F2N. The molecule has 0 aromatic heterocycles. The van der Waals surface area contributed by atoms with Gasteiger partial charge in [0.1, 0.15) is 11.6 Å². The molecule has 2 aromatic carbocycles. The summed E-state index contributed by atoms with van der Waals surface area (Å²) < 4.78 is 27.9. The Hall–Kier alpha value is -2.16. The second kappa shape index (κ2) is 5.48. The molecule has 23 heavy (non-hydrogen) atoms. The molecule has 1 N–H and O–H groups in total. The van der Waals surface area contributed by atoms with Crippen LogP contribution in [0.25, 0.3) is 0 Å². The lowest BCUT2D eigenvalue weighted by molar-refractivity contribution is 0.418. The van der Waals surface area contributed by atoms with E-state index in [0.717, 1.165) is 30.0 Å². The highest BCUT2D eigenvalue weighted by molar-refractivity contribution is 5.60. The smallest absolute Gasteiger partial charge is 0.149 e. The second-order valence-electron chi connectivity index (χ2n) is 6.42. The lowest BCUT2D eigenvalue weighted by Gasteiger charge is -2.37.